The molecule has 0 saturated carbocycles. The number of benzene rings is 3. The predicted molar refractivity (Wildman–Crippen MR) is 133 cm³/mol. The molecule has 1 aromatic heterocycles. The SMILES string of the molecule is CC(=Nn1c(-c2ccc(Cl)c(Cl)c2)csc1=Nc1ccccc1C(F)(F)F)c1ccc(C#N)cc1. The van der Waals surface area contributed by atoms with Gasteiger partial charge in [-0.15, -0.1) is 11.3 Å². The van der Waals surface area contributed by atoms with Gasteiger partial charge in [0, 0.05) is 10.9 Å². The molecule has 0 radical (unpaired) electrons. The van der Waals surface area contributed by atoms with Gasteiger partial charge < -0.3 is 0 Å². The first-order valence-electron chi connectivity index (χ1n) is 10.1. The normalized spacial score (nSPS) is 12.6. The molecule has 0 amide bonds. The molecule has 0 bridgehead atoms. The Hall–Kier alpha value is -3.38. The van der Waals surface area contributed by atoms with Gasteiger partial charge in [0.2, 0.25) is 4.80 Å². The highest BCUT2D eigenvalue weighted by molar-refractivity contribution is 7.07. The Bertz CT molecular complexity index is 1530. The summed E-state index contributed by atoms with van der Waals surface area (Å²) in [7, 11) is 0. The van der Waals surface area contributed by atoms with Crippen molar-refractivity contribution in [3.8, 4) is 17.3 Å². The Morgan fingerprint density at radius 3 is 2.37 bits per heavy atom. The van der Waals surface area contributed by atoms with Crippen molar-refractivity contribution in [3.63, 3.8) is 0 Å². The lowest BCUT2D eigenvalue weighted by atomic mass is 10.1. The fourth-order valence-corrected chi connectivity index (χ4v) is 4.38. The first-order chi connectivity index (χ1) is 16.7. The average Bonchev–Trinajstić information content (AvgIpc) is 3.22. The lowest BCUT2D eigenvalue weighted by molar-refractivity contribution is -0.137. The molecule has 0 aliphatic carbocycles. The van der Waals surface area contributed by atoms with Crippen LogP contribution in [-0.4, -0.2) is 10.4 Å². The maximum Gasteiger partial charge on any atom is 0.418 e. The minimum atomic E-state index is -4.56. The van der Waals surface area contributed by atoms with E-state index in [2.05, 4.69) is 16.2 Å². The Morgan fingerprint density at radius 1 is 1.00 bits per heavy atom. The van der Waals surface area contributed by atoms with Crippen LogP contribution in [-0.2, 0) is 6.18 Å². The molecular formula is C25H15Cl2F3N4S. The van der Waals surface area contributed by atoms with Crippen molar-refractivity contribution in [2.24, 2.45) is 10.1 Å². The maximum absolute atomic E-state index is 13.6. The summed E-state index contributed by atoms with van der Waals surface area (Å²) in [5.41, 5.74) is 1.98. The van der Waals surface area contributed by atoms with E-state index in [0.29, 0.717) is 32.6 Å². The molecule has 1 heterocycles. The zero-order valence-corrected chi connectivity index (χ0v) is 20.3. The summed E-state index contributed by atoms with van der Waals surface area (Å²) in [4.78, 5) is 4.55. The standard InChI is InChI=1S/C25H15Cl2F3N4S/c1-15(17-8-6-16(13-31)7-9-17)33-34-23(18-10-11-20(26)21(27)12-18)14-35-24(34)32-22-5-3-2-4-19(22)25(28,29)30/h2-12,14H,1H3. The van der Waals surface area contributed by atoms with Gasteiger partial charge in [0.1, 0.15) is 0 Å². The van der Waals surface area contributed by atoms with Gasteiger partial charge in [-0.3, -0.25) is 0 Å². The monoisotopic (exact) mass is 530 g/mol. The number of hydrogen-bond acceptors (Lipinski definition) is 4. The van der Waals surface area contributed by atoms with Crippen molar-refractivity contribution in [2.75, 3.05) is 0 Å². The molecule has 10 heteroatoms. The van der Waals surface area contributed by atoms with E-state index in [9.17, 15) is 13.2 Å². The number of thiazole rings is 1. The second-order valence-corrected chi connectivity index (χ2v) is 9.00. The van der Waals surface area contributed by atoms with Crippen LogP contribution in [0.1, 0.15) is 23.6 Å². The third-order valence-electron chi connectivity index (χ3n) is 5.01. The molecule has 3 aromatic carbocycles. The van der Waals surface area contributed by atoms with Crippen molar-refractivity contribution in [1.82, 2.24) is 4.68 Å². The highest BCUT2D eigenvalue weighted by Gasteiger charge is 2.33. The minimum Gasteiger partial charge on any atom is -0.219 e. The maximum atomic E-state index is 13.6. The first kappa shape index (κ1) is 24.7. The molecule has 4 rings (SSSR count). The number of halogens is 5. The van der Waals surface area contributed by atoms with Gasteiger partial charge in [-0.05, 0) is 48.9 Å². The van der Waals surface area contributed by atoms with E-state index in [1.807, 2.05) is 0 Å². The van der Waals surface area contributed by atoms with Gasteiger partial charge in [-0.2, -0.15) is 23.5 Å². The molecule has 0 aliphatic heterocycles. The molecule has 0 spiro atoms. The minimum absolute atomic E-state index is 0.220. The third-order valence-corrected chi connectivity index (χ3v) is 6.56. The van der Waals surface area contributed by atoms with Crippen LogP contribution in [0, 0.1) is 11.3 Å². The smallest absolute Gasteiger partial charge is 0.219 e. The summed E-state index contributed by atoms with van der Waals surface area (Å²) in [6.45, 7) is 1.76. The van der Waals surface area contributed by atoms with E-state index in [4.69, 9.17) is 28.5 Å². The molecule has 4 nitrogen and oxygen atoms in total. The molecule has 0 N–H and O–H groups in total. The summed E-state index contributed by atoms with van der Waals surface area (Å²) < 4.78 is 42.1. The average molecular weight is 531 g/mol. The van der Waals surface area contributed by atoms with Crippen LogP contribution in [0.25, 0.3) is 11.3 Å². The highest BCUT2D eigenvalue weighted by Crippen LogP contribution is 2.36. The quantitative estimate of drug-likeness (QED) is 0.247. The third kappa shape index (κ3) is 5.49. The van der Waals surface area contributed by atoms with Crippen LogP contribution in [0.4, 0.5) is 18.9 Å². The topological polar surface area (TPSA) is 53.4 Å². The van der Waals surface area contributed by atoms with Crippen LogP contribution >= 0.6 is 34.5 Å². The second kappa shape index (κ2) is 10.1. The van der Waals surface area contributed by atoms with Gasteiger partial charge >= 0.3 is 6.18 Å². The number of nitrogens with zero attached hydrogens (tertiary/aromatic N) is 4. The Balaban J connectivity index is 1.94. The zero-order valence-electron chi connectivity index (χ0n) is 18.0. The highest BCUT2D eigenvalue weighted by atomic mass is 35.5. The molecule has 0 atom stereocenters. The van der Waals surface area contributed by atoms with Gasteiger partial charge in [0.05, 0.1) is 44.3 Å². The van der Waals surface area contributed by atoms with Crippen LogP contribution in [0.5, 0.6) is 0 Å². The van der Waals surface area contributed by atoms with E-state index in [-0.39, 0.29) is 10.5 Å². The summed E-state index contributed by atoms with van der Waals surface area (Å²) in [5.74, 6) is 0. The van der Waals surface area contributed by atoms with E-state index in [1.165, 1.54) is 22.9 Å². The molecule has 35 heavy (non-hydrogen) atoms. The summed E-state index contributed by atoms with van der Waals surface area (Å²) in [6.07, 6.45) is -4.56. The van der Waals surface area contributed by atoms with E-state index < -0.39 is 11.7 Å². The summed E-state index contributed by atoms with van der Waals surface area (Å²) in [6, 6.07) is 19.0. The van der Waals surface area contributed by atoms with E-state index in [1.54, 1.807) is 54.8 Å². The number of nitriles is 1. The first-order valence-corrected chi connectivity index (χ1v) is 11.7. The van der Waals surface area contributed by atoms with Crippen LogP contribution < -0.4 is 4.80 Å². The van der Waals surface area contributed by atoms with Gasteiger partial charge in [-0.25, -0.2) is 9.67 Å². The molecular weight excluding hydrogens is 516 g/mol. The van der Waals surface area contributed by atoms with Crippen LogP contribution in [0.2, 0.25) is 10.0 Å². The van der Waals surface area contributed by atoms with Crippen LogP contribution in [0.3, 0.4) is 0 Å². The fraction of sp³-hybridized carbons (Fsp3) is 0.0800. The molecule has 0 unspecified atom stereocenters. The largest absolute Gasteiger partial charge is 0.418 e. The van der Waals surface area contributed by atoms with Crippen molar-refractivity contribution in [1.29, 1.82) is 5.26 Å². The zero-order chi connectivity index (χ0) is 25.2. The summed E-state index contributed by atoms with van der Waals surface area (Å²) >= 11 is 13.4. The Labute approximate surface area is 212 Å². The number of alkyl halides is 3. The van der Waals surface area contributed by atoms with Crippen molar-refractivity contribution in [2.45, 2.75) is 13.1 Å². The van der Waals surface area contributed by atoms with Gasteiger partial charge in [-0.1, -0.05) is 53.5 Å². The molecule has 0 fully saturated rings. The van der Waals surface area contributed by atoms with Crippen molar-refractivity contribution >= 4 is 45.9 Å². The van der Waals surface area contributed by atoms with E-state index >= 15 is 0 Å². The lowest BCUT2D eigenvalue weighted by Crippen LogP contribution is -2.14. The van der Waals surface area contributed by atoms with Gasteiger partial charge in [0.15, 0.2) is 0 Å². The number of aromatic nitrogens is 1. The molecule has 4 aromatic rings. The summed E-state index contributed by atoms with van der Waals surface area (Å²) in [5, 5.41) is 16.2. The van der Waals surface area contributed by atoms with E-state index in [0.717, 1.165) is 23.0 Å². The van der Waals surface area contributed by atoms with Crippen molar-refractivity contribution in [3.05, 3.63) is 104 Å². The number of para-hydroxylation sites is 1. The number of rotatable bonds is 4. The Kier molecular flexibility index (Phi) is 7.13. The predicted octanol–water partition coefficient (Wildman–Crippen LogP) is 7.92. The lowest BCUT2D eigenvalue weighted by Gasteiger charge is -2.10. The molecule has 0 aliphatic rings. The Morgan fingerprint density at radius 2 is 1.71 bits per heavy atom. The number of hydrogen-bond donors (Lipinski definition) is 0. The van der Waals surface area contributed by atoms with Gasteiger partial charge in [0.25, 0.3) is 0 Å². The molecule has 176 valence electrons. The second-order valence-electron chi connectivity index (χ2n) is 7.35. The fourth-order valence-electron chi connectivity index (χ4n) is 3.24. The van der Waals surface area contributed by atoms with Crippen molar-refractivity contribution < 1.29 is 13.2 Å². The molecule has 0 saturated heterocycles. The van der Waals surface area contributed by atoms with Crippen LogP contribution in [0.15, 0.2) is 82.2 Å².